The van der Waals surface area contributed by atoms with Gasteiger partial charge in [-0.05, 0) is 16.3 Å². The van der Waals surface area contributed by atoms with Gasteiger partial charge in [0, 0.05) is 0 Å². The van der Waals surface area contributed by atoms with Gasteiger partial charge in [0.1, 0.15) is 24.4 Å². The van der Waals surface area contributed by atoms with E-state index in [1.54, 1.807) is 0 Å². The zero-order chi connectivity index (χ0) is 13.4. The highest BCUT2D eigenvalue weighted by atomic mass is 16.6. The lowest BCUT2D eigenvalue weighted by atomic mass is 9.96. The van der Waals surface area contributed by atoms with E-state index in [1.165, 1.54) is 0 Å². The molecule has 2 aromatic rings. The first-order valence-electron chi connectivity index (χ1n) is 6.32. The molecular formula is C15H16O4. The van der Waals surface area contributed by atoms with Gasteiger partial charge in [0.15, 0.2) is 0 Å². The van der Waals surface area contributed by atoms with E-state index < -0.39 is 24.4 Å². The van der Waals surface area contributed by atoms with Crippen LogP contribution in [0.4, 0.5) is 0 Å². The van der Waals surface area contributed by atoms with Crippen LogP contribution in [-0.4, -0.2) is 40.2 Å². The van der Waals surface area contributed by atoms with Crippen LogP contribution in [-0.2, 0) is 4.74 Å². The summed E-state index contributed by atoms with van der Waals surface area (Å²) in [5, 5.41) is 31.1. The van der Waals surface area contributed by atoms with Gasteiger partial charge in [-0.15, -0.1) is 0 Å². The van der Waals surface area contributed by atoms with Gasteiger partial charge in [0.05, 0.1) is 6.61 Å². The molecule has 0 aromatic heterocycles. The first-order chi connectivity index (χ1) is 9.22. The molecule has 4 nitrogen and oxygen atoms in total. The molecule has 0 radical (unpaired) electrons. The molecule has 1 aliphatic heterocycles. The average Bonchev–Trinajstić information content (AvgIpc) is 2.74. The predicted octanol–water partition coefficient (Wildman–Crippen LogP) is 0.994. The molecule has 3 N–H and O–H groups in total. The van der Waals surface area contributed by atoms with Crippen LogP contribution in [0.15, 0.2) is 42.5 Å². The van der Waals surface area contributed by atoms with Crippen LogP contribution >= 0.6 is 0 Å². The molecule has 100 valence electrons. The van der Waals surface area contributed by atoms with Gasteiger partial charge in [-0.3, -0.25) is 0 Å². The molecule has 4 atom stereocenters. The Kier molecular flexibility index (Phi) is 3.24. The van der Waals surface area contributed by atoms with Crippen LogP contribution in [0, 0.1) is 0 Å². The van der Waals surface area contributed by atoms with Gasteiger partial charge < -0.3 is 20.1 Å². The monoisotopic (exact) mass is 260 g/mol. The first-order valence-corrected chi connectivity index (χ1v) is 6.32. The van der Waals surface area contributed by atoms with Crippen LogP contribution in [0.3, 0.4) is 0 Å². The third kappa shape index (κ3) is 2.03. The van der Waals surface area contributed by atoms with Gasteiger partial charge in [-0.1, -0.05) is 42.5 Å². The van der Waals surface area contributed by atoms with Crippen molar-refractivity contribution in [3.63, 3.8) is 0 Å². The second-order valence-corrected chi connectivity index (χ2v) is 4.83. The highest BCUT2D eigenvalue weighted by Crippen LogP contribution is 2.36. The molecule has 4 heteroatoms. The molecule has 0 bridgehead atoms. The van der Waals surface area contributed by atoms with Gasteiger partial charge in [-0.2, -0.15) is 0 Å². The van der Waals surface area contributed by atoms with E-state index in [-0.39, 0.29) is 6.61 Å². The Balaban J connectivity index is 2.05. The number of hydrogen-bond acceptors (Lipinski definition) is 4. The lowest BCUT2D eigenvalue weighted by molar-refractivity contribution is -0.0223. The average molecular weight is 260 g/mol. The Morgan fingerprint density at radius 1 is 0.947 bits per heavy atom. The third-order valence-electron chi connectivity index (χ3n) is 3.67. The van der Waals surface area contributed by atoms with Crippen molar-refractivity contribution in [3.05, 3.63) is 48.0 Å². The van der Waals surface area contributed by atoms with E-state index in [4.69, 9.17) is 9.84 Å². The highest BCUT2D eigenvalue weighted by molar-refractivity contribution is 5.86. The molecule has 1 heterocycles. The van der Waals surface area contributed by atoms with Crippen LogP contribution in [0.25, 0.3) is 10.8 Å². The Bertz CT molecular complexity index is 578. The largest absolute Gasteiger partial charge is 0.394 e. The Labute approximate surface area is 110 Å². The second-order valence-electron chi connectivity index (χ2n) is 4.83. The zero-order valence-electron chi connectivity index (χ0n) is 10.3. The zero-order valence-corrected chi connectivity index (χ0v) is 10.3. The summed E-state index contributed by atoms with van der Waals surface area (Å²) in [5.74, 6) is 0. The van der Waals surface area contributed by atoms with Gasteiger partial charge in [-0.25, -0.2) is 0 Å². The minimum absolute atomic E-state index is 0.306. The maximum Gasteiger partial charge on any atom is 0.113 e. The fraction of sp³-hybridized carbons (Fsp3) is 0.333. The van der Waals surface area contributed by atoms with Crippen LogP contribution in [0.1, 0.15) is 11.7 Å². The van der Waals surface area contributed by atoms with Crippen molar-refractivity contribution in [2.75, 3.05) is 6.61 Å². The fourth-order valence-electron chi connectivity index (χ4n) is 2.66. The molecule has 1 aliphatic rings. The number of hydrogen-bond donors (Lipinski definition) is 3. The summed E-state index contributed by atoms with van der Waals surface area (Å²) in [7, 11) is 0. The molecule has 3 rings (SSSR count). The van der Waals surface area contributed by atoms with Crippen LogP contribution in [0.5, 0.6) is 0 Å². The minimum Gasteiger partial charge on any atom is -0.394 e. The highest BCUT2D eigenvalue weighted by Gasteiger charge is 2.43. The molecule has 1 saturated heterocycles. The summed E-state index contributed by atoms with van der Waals surface area (Å²) in [4.78, 5) is 0. The van der Waals surface area contributed by atoms with E-state index in [0.717, 1.165) is 16.3 Å². The SMILES string of the molecule is OC[C@H]1OC(c2cccc3ccccc23)[C@H](O)[C@@H]1O. The van der Waals surface area contributed by atoms with Gasteiger partial charge in [0.2, 0.25) is 0 Å². The topological polar surface area (TPSA) is 69.9 Å². The van der Waals surface area contributed by atoms with Crippen molar-refractivity contribution in [1.29, 1.82) is 0 Å². The first kappa shape index (κ1) is 12.6. The summed E-state index contributed by atoms with van der Waals surface area (Å²) >= 11 is 0. The summed E-state index contributed by atoms with van der Waals surface area (Å²) in [6, 6.07) is 13.6. The molecule has 19 heavy (non-hydrogen) atoms. The Hall–Kier alpha value is -1.46. The molecular weight excluding hydrogens is 244 g/mol. The number of aliphatic hydroxyl groups is 3. The van der Waals surface area contributed by atoms with E-state index in [1.807, 2.05) is 42.5 Å². The molecule has 0 amide bonds. The number of fused-ring (bicyclic) bond motifs is 1. The van der Waals surface area contributed by atoms with E-state index in [2.05, 4.69) is 0 Å². The van der Waals surface area contributed by atoms with Crippen molar-refractivity contribution in [1.82, 2.24) is 0 Å². The van der Waals surface area contributed by atoms with Gasteiger partial charge >= 0.3 is 0 Å². The van der Waals surface area contributed by atoms with Crippen LogP contribution < -0.4 is 0 Å². The number of aliphatic hydroxyl groups excluding tert-OH is 3. The van der Waals surface area contributed by atoms with Gasteiger partial charge in [0.25, 0.3) is 0 Å². The quantitative estimate of drug-likeness (QED) is 0.753. The summed E-state index contributed by atoms with van der Waals surface area (Å²) in [6.45, 7) is -0.306. The van der Waals surface area contributed by atoms with Crippen molar-refractivity contribution in [3.8, 4) is 0 Å². The normalized spacial score (nSPS) is 30.9. The molecule has 1 unspecified atom stereocenters. The summed E-state index contributed by atoms with van der Waals surface area (Å²) < 4.78 is 5.58. The van der Waals surface area contributed by atoms with Crippen molar-refractivity contribution < 1.29 is 20.1 Å². The second kappa shape index (κ2) is 4.90. The summed E-state index contributed by atoms with van der Waals surface area (Å²) in [5.41, 5.74) is 0.834. The number of rotatable bonds is 2. The lowest BCUT2D eigenvalue weighted by Gasteiger charge is -2.17. The molecule has 2 aromatic carbocycles. The van der Waals surface area contributed by atoms with Crippen molar-refractivity contribution in [2.24, 2.45) is 0 Å². The summed E-state index contributed by atoms with van der Waals surface area (Å²) in [6.07, 6.45) is -3.44. The third-order valence-corrected chi connectivity index (χ3v) is 3.67. The fourth-order valence-corrected chi connectivity index (χ4v) is 2.66. The van der Waals surface area contributed by atoms with Crippen LogP contribution in [0.2, 0.25) is 0 Å². The van der Waals surface area contributed by atoms with E-state index in [0.29, 0.717) is 0 Å². The molecule has 0 aliphatic carbocycles. The Morgan fingerprint density at radius 3 is 2.42 bits per heavy atom. The molecule has 0 saturated carbocycles. The molecule has 1 fully saturated rings. The van der Waals surface area contributed by atoms with E-state index >= 15 is 0 Å². The predicted molar refractivity (Wildman–Crippen MR) is 70.7 cm³/mol. The number of benzene rings is 2. The maximum absolute atomic E-state index is 10.1. The Morgan fingerprint density at radius 2 is 1.68 bits per heavy atom. The van der Waals surface area contributed by atoms with Crippen molar-refractivity contribution >= 4 is 10.8 Å². The standard InChI is InChI=1S/C15H16O4/c16-8-12-13(17)14(18)15(19-12)11-7-3-5-9-4-1-2-6-10(9)11/h1-7,12-18H,8H2/t12-,13-,14-,15?/m1/s1. The lowest BCUT2D eigenvalue weighted by Crippen LogP contribution is -2.32. The smallest absolute Gasteiger partial charge is 0.113 e. The number of ether oxygens (including phenoxy) is 1. The maximum atomic E-state index is 10.1. The minimum atomic E-state index is -1.06. The van der Waals surface area contributed by atoms with Crippen molar-refractivity contribution in [2.45, 2.75) is 24.4 Å². The molecule has 0 spiro atoms. The van der Waals surface area contributed by atoms with E-state index in [9.17, 15) is 10.2 Å².